The molecule has 0 bridgehead atoms. The van der Waals surface area contributed by atoms with E-state index < -0.39 is 0 Å². The Hall–Kier alpha value is -1.62. The van der Waals surface area contributed by atoms with E-state index in [-0.39, 0.29) is 11.4 Å². The first-order chi connectivity index (χ1) is 9.13. The molecule has 1 aromatic heterocycles. The molecule has 5 heteroatoms. The monoisotopic (exact) mass is 262 g/mol. The zero-order valence-electron chi connectivity index (χ0n) is 11.4. The lowest BCUT2D eigenvalue weighted by Crippen LogP contribution is -2.43. The fourth-order valence-electron chi connectivity index (χ4n) is 2.60. The smallest absolute Gasteiger partial charge is 0.188 e. The van der Waals surface area contributed by atoms with Crippen LogP contribution in [-0.4, -0.2) is 21.6 Å². The number of hydrogen-bond acceptors (Lipinski definition) is 4. The number of nitrogens with zero attached hydrogens (tertiary/aromatic N) is 2. The minimum Gasteiger partial charge on any atom is -0.409 e. The van der Waals surface area contributed by atoms with Crippen LogP contribution in [-0.2, 0) is 6.54 Å². The molecular formula is C14H22N4O. The molecule has 0 spiro atoms. The SMILES string of the molecule is CC1(NCc2ccnc(C(N)=NO)c2)CCCCC1. The highest BCUT2D eigenvalue weighted by atomic mass is 16.4. The van der Waals surface area contributed by atoms with Gasteiger partial charge in [-0.2, -0.15) is 0 Å². The van der Waals surface area contributed by atoms with Gasteiger partial charge in [-0.25, -0.2) is 0 Å². The van der Waals surface area contributed by atoms with Crippen LogP contribution in [0.15, 0.2) is 23.5 Å². The van der Waals surface area contributed by atoms with E-state index in [1.165, 1.54) is 32.1 Å². The Bertz CT molecular complexity index is 453. The van der Waals surface area contributed by atoms with Crippen molar-refractivity contribution in [3.8, 4) is 0 Å². The molecule has 1 fully saturated rings. The van der Waals surface area contributed by atoms with Gasteiger partial charge in [0.2, 0.25) is 0 Å². The van der Waals surface area contributed by atoms with E-state index in [9.17, 15) is 0 Å². The number of hydrogen-bond donors (Lipinski definition) is 3. The van der Waals surface area contributed by atoms with Crippen molar-refractivity contribution < 1.29 is 5.21 Å². The van der Waals surface area contributed by atoms with Gasteiger partial charge in [-0.15, -0.1) is 0 Å². The number of rotatable bonds is 4. The summed E-state index contributed by atoms with van der Waals surface area (Å²) in [5.41, 5.74) is 7.39. The predicted octanol–water partition coefficient (Wildman–Crippen LogP) is 1.99. The van der Waals surface area contributed by atoms with Gasteiger partial charge in [0.05, 0.1) is 0 Å². The minimum atomic E-state index is 0.0470. The minimum absolute atomic E-state index is 0.0470. The van der Waals surface area contributed by atoms with E-state index in [0.29, 0.717) is 5.69 Å². The highest BCUT2D eigenvalue weighted by molar-refractivity contribution is 5.95. The Morgan fingerprint density at radius 2 is 2.21 bits per heavy atom. The standard InChI is InChI=1S/C14H22N4O/c1-14(6-3-2-4-7-14)17-10-11-5-8-16-12(9-11)13(15)18-19/h5,8-9,17,19H,2-4,6-7,10H2,1H3,(H2,15,18). The van der Waals surface area contributed by atoms with E-state index in [2.05, 4.69) is 22.4 Å². The Balaban J connectivity index is 1.99. The molecule has 0 atom stereocenters. The first-order valence-corrected chi connectivity index (χ1v) is 6.81. The van der Waals surface area contributed by atoms with Gasteiger partial charge in [0.25, 0.3) is 0 Å². The summed E-state index contributed by atoms with van der Waals surface area (Å²) in [5.74, 6) is 0.0470. The Morgan fingerprint density at radius 3 is 2.89 bits per heavy atom. The van der Waals surface area contributed by atoms with E-state index in [1.54, 1.807) is 6.20 Å². The third kappa shape index (κ3) is 3.67. The van der Waals surface area contributed by atoms with Crippen LogP contribution in [0.2, 0.25) is 0 Å². The van der Waals surface area contributed by atoms with E-state index in [1.807, 2.05) is 12.1 Å². The maximum atomic E-state index is 8.66. The Kier molecular flexibility index (Phi) is 4.37. The van der Waals surface area contributed by atoms with Gasteiger partial charge in [0.1, 0.15) is 5.69 Å². The number of nitrogens with one attached hydrogen (secondary N) is 1. The number of amidine groups is 1. The zero-order valence-corrected chi connectivity index (χ0v) is 11.4. The Labute approximate surface area is 113 Å². The molecule has 0 saturated heterocycles. The molecule has 1 saturated carbocycles. The molecule has 5 nitrogen and oxygen atoms in total. The molecule has 104 valence electrons. The molecule has 0 amide bonds. The lowest BCUT2D eigenvalue weighted by Gasteiger charge is -2.34. The average molecular weight is 262 g/mol. The van der Waals surface area contributed by atoms with Crippen molar-refractivity contribution >= 4 is 5.84 Å². The highest BCUT2D eigenvalue weighted by Crippen LogP contribution is 2.27. The van der Waals surface area contributed by atoms with Crippen molar-refractivity contribution in [2.75, 3.05) is 0 Å². The summed E-state index contributed by atoms with van der Waals surface area (Å²) in [6.07, 6.45) is 8.09. The topological polar surface area (TPSA) is 83.5 Å². The molecule has 1 aliphatic carbocycles. The summed E-state index contributed by atoms with van der Waals surface area (Å²) in [6, 6.07) is 3.81. The van der Waals surface area contributed by atoms with Gasteiger partial charge in [0.15, 0.2) is 5.84 Å². The second-order valence-corrected chi connectivity index (χ2v) is 5.51. The third-order valence-electron chi connectivity index (χ3n) is 3.87. The largest absolute Gasteiger partial charge is 0.409 e. The molecule has 0 unspecified atom stereocenters. The molecule has 1 aliphatic rings. The second-order valence-electron chi connectivity index (χ2n) is 5.51. The van der Waals surface area contributed by atoms with E-state index >= 15 is 0 Å². The molecular weight excluding hydrogens is 240 g/mol. The molecule has 4 N–H and O–H groups in total. The summed E-state index contributed by atoms with van der Waals surface area (Å²) < 4.78 is 0. The van der Waals surface area contributed by atoms with Crippen LogP contribution in [0, 0.1) is 0 Å². The number of oxime groups is 1. The fourth-order valence-corrected chi connectivity index (χ4v) is 2.60. The third-order valence-corrected chi connectivity index (χ3v) is 3.87. The van der Waals surface area contributed by atoms with Gasteiger partial charge in [-0.3, -0.25) is 4.98 Å². The predicted molar refractivity (Wildman–Crippen MR) is 75.1 cm³/mol. The number of aromatic nitrogens is 1. The number of pyridine rings is 1. The lowest BCUT2D eigenvalue weighted by molar-refractivity contribution is 0.252. The quantitative estimate of drug-likeness (QED) is 0.335. The van der Waals surface area contributed by atoms with Gasteiger partial charge in [-0.1, -0.05) is 24.4 Å². The maximum absolute atomic E-state index is 8.66. The highest BCUT2D eigenvalue weighted by Gasteiger charge is 2.25. The summed E-state index contributed by atoms with van der Waals surface area (Å²) in [6.45, 7) is 3.07. The van der Waals surface area contributed by atoms with Crippen LogP contribution in [0.3, 0.4) is 0 Å². The molecule has 2 rings (SSSR count). The van der Waals surface area contributed by atoms with Crippen molar-refractivity contribution in [3.63, 3.8) is 0 Å². The van der Waals surface area contributed by atoms with Crippen LogP contribution in [0.1, 0.15) is 50.3 Å². The summed E-state index contributed by atoms with van der Waals surface area (Å²) >= 11 is 0. The van der Waals surface area contributed by atoms with Crippen LogP contribution in [0.25, 0.3) is 0 Å². The van der Waals surface area contributed by atoms with Crippen LogP contribution in [0.4, 0.5) is 0 Å². The second kappa shape index (κ2) is 6.02. The Morgan fingerprint density at radius 1 is 1.47 bits per heavy atom. The fraction of sp³-hybridized carbons (Fsp3) is 0.571. The van der Waals surface area contributed by atoms with Crippen LogP contribution >= 0.6 is 0 Å². The first-order valence-electron chi connectivity index (χ1n) is 6.81. The molecule has 0 aliphatic heterocycles. The van der Waals surface area contributed by atoms with Crippen molar-refractivity contribution in [2.24, 2.45) is 10.9 Å². The van der Waals surface area contributed by atoms with Crippen LogP contribution in [0.5, 0.6) is 0 Å². The molecule has 0 radical (unpaired) electrons. The maximum Gasteiger partial charge on any atom is 0.188 e. The molecule has 0 aromatic carbocycles. The van der Waals surface area contributed by atoms with Crippen molar-refractivity contribution in [3.05, 3.63) is 29.6 Å². The van der Waals surface area contributed by atoms with Crippen molar-refractivity contribution in [1.29, 1.82) is 0 Å². The van der Waals surface area contributed by atoms with Crippen LogP contribution < -0.4 is 11.1 Å². The lowest BCUT2D eigenvalue weighted by atomic mass is 9.83. The van der Waals surface area contributed by atoms with Gasteiger partial charge in [0, 0.05) is 18.3 Å². The zero-order chi connectivity index (χ0) is 13.7. The summed E-state index contributed by atoms with van der Waals surface area (Å²) in [4.78, 5) is 4.08. The summed E-state index contributed by atoms with van der Waals surface area (Å²) in [7, 11) is 0. The van der Waals surface area contributed by atoms with Crippen molar-refractivity contribution in [2.45, 2.75) is 51.1 Å². The molecule has 1 aromatic rings. The van der Waals surface area contributed by atoms with E-state index in [4.69, 9.17) is 10.9 Å². The van der Waals surface area contributed by atoms with Gasteiger partial charge < -0.3 is 16.3 Å². The van der Waals surface area contributed by atoms with Crippen molar-refractivity contribution in [1.82, 2.24) is 10.3 Å². The van der Waals surface area contributed by atoms with Gasteiger partial charge >= 0.3 is 0 Å². The van der Waals surface area contributed by atoms with E-state index in [0.717, 1.165) is 12.1 Å². The normalized spacial score (nSPS) is 19.3. The summed E-state index contributed by atoms with van der Waals surface area (Å²) in [5, 5.41) is 15.3. The first kappa shape index (κ1) is 13.8. The molecule has 1 heterocycles. The van der Waals surface area contributed by atoms with Gasteiger partial charge in [-0.05, 0) is 37.5 Å². The number of nitrogens with two attached hydrogens (primary N) is 1. The molecule has 19 heavy (non-hydrogen) atoms. The average Bonchev–Trinajstić information content (AvgIpc) is 2.45.